The molecule has 9 heteroatoms. The molecule has 0 aliphatic rings. The number of carbonyl (C=O) groups excluding carboxylic acids is 2. The van der Waals surface area contributed by atoms with Crippen molar-refractivity contribution in [1.82, 2.24) is 9.62 Å². The summed E-state index contributed by atoms with van der Waals surface area (Å²) >= 11 is 1.71. The summed E-state index contributed by atoms with van der Waals surface area (Å²) in [5.41, 5.74) is 0.505. The third kappa shape index (κ3) is 7.52. The number of hydrogen-bond donors (Lipinski definition) is 2. The van der Waals surface area contributed by atoms with Gasteiger partial charge in [0.2, 0.25) is 21.8 Å². The van der Waals surface area contributed by atoms with Gasteiger partial charge in [0, 0.05) is 31.1 Å². The van der Waals surface area contributed by atoms with E-state index in [1.54, 1.807) is 11.8 Å². The molecule has 2 aromatic rings. The summed E-state index contributed by atoms with van der Waals surface area (Å²) in [5, 5.41) is 5.32. The Morgan fingerprint density at radius 3 is 2.31 bits per heavy atom. The highest BCUT2D eigenvalue weighted by molar-refractivity contribution is 7.99. The first kappa shape index (κ1) is 22.9. The molecular weight excluding hydrogens is 410 g/mol. The fraction of sp³-hybridized carbons (Fsp3) is 0.300. The number of thioether (sulfide) groups is 1. The fourth-order valence-electron chi connectivity index (χ4n) is 2.44. The first-order valence-corrected chi connectivity index (χ1v) is 11.5. The van der Waals surface area contributed by atoms with Gasteiger partial charge in [-0.05, 0) is 48.6 Å². The molecule has 0 fully saturated rings. The summed E-state index contributed by atoms with van der Waals surface area (Å²) in [6.45, 7) is 1.59. The van der Waals surface area contributed by atoms with Crippen molar-refractivity contribution < 1.29 is 18.0 Å². The summed E-state index contributed by atoms with van der Waals surface area (Å²) in [6, 6.07) is 15.8. The van der Waals surface area contributed by atoms with Gasteiger partial charge in [-0.2, -0.15) is 4.31 Å². The number of nitrogens with one attached hydrogen (secondary N) is 2. The highest BCUT2D eigenvalue weighted by Crippen LogP contribution is 2.18. The van der Waals surface area contributed by atoms with Gasteiger partial charge in [-0.3, -0.25) is 9.59 Å². The smallest absolute Gasteiger partial charge is 0.243 e. The molecule has 2 amide bonds. The Morgan fingerprint density at radius 2 is 1.69 bits per heavy atom. The van der Waals surface area contributed by atoms with Crippen molar-refractivity contribution in [2.45, 2.75) is 23.1 Å². The minimum Gasteiger partial charge on any atom is -0.355 e. The van der Waals surface area contributed by atoms with Crippen molar-refractivity contribution in [3.8, 4) is 0 Å². The van der Waals surface area contributed by atoms with Gasteiger partial charge in [-0.15, -0.1) is 11.8 Å². The van der Waals surface area contributed by atoms with Crippen molar-refractivity contribution >= 4 is 39.3 Å². The van der Waals surface area contributed by atoms with Gasteiger partial charge < -0.3 is 10.6 Å². The van der Waals surface area contributed by atoms with Crippen LogP contribution < -0.4 is 10.6 Å². The summed E-state index contributed by atoms with van der Waals surface area (Å²) < 4.78 is 26.2. The molecule has 156 valence electrons. The predicted molar refractivity (Wildman–Crippen MR) is 115 cm³/mol. The Labute approximate surface area is 175 Å². The zero-order chi connectivity index (χ0) is 21.3. The van der Waals surface area contributed by atoms with Crippen molar-refractivity contribution in [3.63, 3.8) is 0 Å². The molecule has 2 aromatic carbocycles. The average Bonchev–Trinajstić information content (AvgIpc) is 2.68. The molecular formula is C20H25N3O4S2. The van der Waals surface area contributed by atoms with E-state index in [9.17, 15) is 18.0 Å². The second kappa shape index (κ2) is 11.0. The number of sulfonamides is 1. The highest BCUT2D eigenvalue weighted by Gasteiger charge is 2.22. The molecule has 0 unspecified atom stereocenters. The molecule has 0 aromatic heterocycles. The van der Waals surface area contributed by atoms with Gasteiger partial charge in [0.05, 0.1) is 11.4 Å². The molecule has 7 nitrogen and oxygen atoms in total. The normalized spacial score (nSPS) is 11.3. The Morgan fingerprint density at radius 1 is 1.03 bits per heavy atom. The molecule has 2 N–H and O–H groups in total. The van der Waals surface area contributed by atoms with E-state index in [4.69, 9.17) is 0 Å². The zero-order valence-corrected chi connectivity index (χ0v) is 18.1. The van der Waals surface area contributed by atoms with Gasteiger partial charge in [-0.1, -0.05) is 18.2 Å². The number of likely N-dealkylation sites (N-methyl/N-ethyl adjacent to an activating group) is 1. The Bertz CT molecular complexity index is 917. The van der Waals surface area contributed by atoms with E-state index in [1.807, 2.05) is 30.3 Å². The van der Waals surface area contributed by atoms with Gasteiger partial charge in [0.1, 0.15) is 0 Å². The van der Waals surface area contributed by atoms with E-state index >= 15 is 0 Å². The van der Waals surface area contributed by atoms with Crippen LogP contribution in [-0.4, -0.2) is 50.4 Å². The van der Waals surface area contributed by atoms with Gasteiger partial charge in [0.15, 0.2) is 0 Å². The molecule has 0 bridgehead atoms. The summed E-state index contributed by atoms with van der Waals surface area (Å²) in [6.07, 6.45) is 0.784. The first-order valence-electron chi connectivity index (χ1n) is 9.07. The molecule has 0 saturated carbocycles. The quantitative estimate of drug-likeness (QED) is 0.442. The Kier molecular flexibility index (Phi) is 8.69. The molecule has 0 radical (unpaired) electrons. The number of nitrogens with zero attached hydrogens (tertiary/aromatic N) is 1. The van der Waals surface area contributed by atoms with Crippen LogP contribution in [0.1, 0.15) is 13.3 Å². The summed E-state index contributed by atoms with van der Waals surface area (Å²) in [7, 11) is -2.43. The highest BCUT2D eigenvalue weighted by atomic mass is 32.2. The second-order valence-electron chi connectivity index (χ2n) is 6.33. The maximum Gasteiger partial charge on any atom is 0.243 e. The van der Waals surface area contributed by atoms with E-state index in [0.717, 1.165) is 16.5 Å². The minimum absolute atomic E-state index is 0.0566. The van der Waals surface area contributed by atoms with Gasteiger partial charge >= 0.3 is 0 Å². The number of anilines is 1. The lowest BCUT2D eigenvalue weighted by molar-refractivity contribution is -0.121. The Balaban J connectivity index is 1.77. The fourth-order valence-corrected chi connectivity index (χ4v) is 4.44. The number of amides is 2. The van der Waals surface area contributed by atoms with Crippen molar-refractivity contribution in [3.05, 3.63) is 54.6 Å². The van der Waals surface area contributed by atoms with Crippen LogP contribution in [0.3, 0.4) is 0 Å². The van der Waals surface area contributed by atoms with Gasteiger partial charge in [0.25, 0.3) is 0 Å². The van der Waals surface area contributed by atoms with E-state index in [2.05, 4.69) is 10.6 Å². The van der Waals surface area contributed by atoms with E-state index in [-0.39, 0.29) is 23.3 Å². The van der Waals surface area contributed by atoms with Crippen LogP contribution >= 0.6 is 11.8 Å². The minimum atomic E-state index is -3.79. The molecule has 0 aliphatic carbocycles. The number of rotatable bonds is 10. The predicted octanol–water partition coefficient (Wildman–Crippen LogP) is 2.56. The van der Waals surface area contributed by atoms with Crippen LogP contribution in [0.15, 0.2) is 64.4 Å². The molecule has 2 rings (SSSR count). The SMILES string of the molecule is CC(=O)Nc1ccc(S(=O)(=O)N(C)CC(=O)NCCCSc2ccccc2)cc1. The molecule has 0 saturated heterocycles. The van der Waals surface area contributed by atoms with E-state index < -0.39 is 10.0 Å². The molecule has 0 spiro atoms. The van der Waals surface area contributed by atoms with Crippen LogP contribution in [0.5, 0.6) is 0 Å². The first-order chi connectivity index (χ1) is 13.8. The Hall–Kier alpha value is -2.36. The molecule has 0 heterocycles. The number of benzene rings is 2. The van der Waals surface area contributed by atoms with Crippen LogP contribution in [0.4, 0.5) is 5.69 Å². The van der Waals surface area contributed by atoms with Crippen LogP contribution in [-0.2, 0) is 19.6 Å². The lowest BCUT2D eigenvalue weighted by atomic mass is 10.3. The number of hydrogen-bond acceptors (Lipinski definition) is 5. The van der Waals surface area contributed by atoms with Crippen molar-refractivity contribution in [2.24, 2.45) is 0 Å². The third-order valence-electron chi connectivity index (χ3n) is 3.90. The maximum absolute atomic E-state index is 12.6. The monoisotopic (exact) mass is 435 g/mol. The maximum atomic E-state index is 12.6. The lowest BCUT2D eigenvalue weighted by Crippen LogP contribution is -2.38. The van der Waals surface area contributed by atoms with Gasteiger partial charge in [-0.25, -0.2) is 8.42 Å². The standard InChI is InChI=1S/C20H25N3O4S2/c1-16(24)22-17-9-11-19(12-10-17)29(26,27)23(2)15-20(25)21-13-6-14-28-18-7-4-3-5-8-18/h3-5,7-12H,6,13-15H2,1-2H3,(H,21,25)(H,22,24). The zero-order valence-electron chi connectivity index (χ0n) is 16.4. The second-order valence-corrected chi connectivity index (χ2v) is 9.54. The van der Waals surface area contributed by atoms with Crippen molar-refractivity contribution in [2.75, 3.05) is 31.2 Å². The lowest BCUT2D eigenvalue weighted by Gasteiger charge is -2.17. The molecule has 0 atom stereocenters. The largest absolute Gasteiger partial charge is 0.355 e. The van der Waals surface area contributed by atoms with E-state index in [1.165, 1.54) is 43.1 Å². The van der Waals surface area contributed by atoms with Crippen LogP contribution in [0.2, 0.25) is 0 Å². The molecule has 0 aliphatic heterocycles. The van der Waals surface area contributed by atoms with Crippen molar-refractivity contribution in [1.29, 1.82) is 0 Å². The third-order valence-corrected chi connectivity index (χ3v) is 6.82. The summed E-state index contributed by atoms with van der Waals surface area (Å²) in [4.78, 5) is 24.3. The summed E-state index contributed by atoms with van der Waals surface area (Å²) in [5.74, 6) is 0.270. The van der Waals surface area contributed by atoms with Crippen LogP contribution in [0.25, 0.3) is 0 Å². The molecule has 29 heavy (non-hydrogen) atoms. The van der Waals surface area contributed by atoms with Crippen LogP contribution in [0, 0.1) is 0 Å². The average molecular weight is 436 g/mol. The van der Waals surface area contributed by atoms with E-state index in [0.29, 0.717) is 12.2 Å². The number of carbonyl (C=O) groups is 2. The topological polar surface area (TPSA) is 95.6 Å².